The van der Waals surface area contributed by atoms with Crippen LogP contribution in [0.3, 0.4) is 0 Å². The Labute approximate surface area is 381 Å². The highest BCUT2D eigenvalue weighted by atomic mass is 16.5. The summed E-state index contributed by atoms with van der Waals surface area (Å²) >= 11 is 0. The van der Waals surface area contributed by atoms with Gasteiger partial charge in [-0.15, -0.1) is 0 Å². The molecule has 0 unspecified atom stereocenters. The van der Waals surface area contributed by atoms with E-state index in [1.54, 1.807) is 0 Å². The fourth-order valence-corrected chi connectivity index (χ4v) is 6.07. The molecular weight excluding hydrogens is 855 g/mol. The number of aliphatic carboxylic acids is 1. The number of amides is 4. The Bertz CT molecular complexity index is 1300. The molecule has 0 aromatic heterocycles. The molecule has 0 saturated carbocycles. The maximum absolute atomic E-state index is 13.6. The maximum atomic E-state index is 13.6. The van der Waals surface area contributed by atoms with Crippen molar-refractivity contribution in [1.82, 2.24) is 21.3 Å². The monoisotopic (exact) mass is 928 g/mol. The molecule has 0 rings (SSSR count). The van der Waals surface area contributed by atoms with Crippen LogP contribution in [0, 0.1) is 0 Å². The summed E-state index contributed by atoms with van der Waals surface area (Å²) in [6.07, 6.45) is 7.66. The molecule has 370 valence electrons. The van der Waals surface area contributed by atoms with Gasteiger partial charge in [0.05, 0.1) is 79.3 Å². The van der Waals surface area contributed by atoms with Gasteiger partial charge in [-0.25, -0.2) is 0 Å². The molecule has 0 fully saturated rings. The van der Waals surface area contributed by atoms with Crippen LogP contribution >= 0.6 is 0 Å². The molecule has 0 saturated heterocycles. The van der Waals surface area contributed by atoms with E-state index in [-0.39, 0.29) is 174 Å². The Morgan fingerprint density at radius 2 is 0.723 bits per heavy atom. The normalized spacial score (nSPS) is 11.6. The molecule has 0 radical (unpaired) electrons. The van der Waals surface area contributed by atoms with Gasteiger partial charge in [0.2, 0.25) is 23.6 Å². The number of hydrogen-bond donors (Lipinski definition) is 5. The highest BCUT2D eigenvalue weighted by Gasteiger charge is 2.33. The second kappa shape index (κ2) is 45.6. The molecule has 0 atom stereocenters. The molecule has 0 aliphatic heterocycles. The summed E-state index contributed by atoms with van der Waals surface area (Å²) in [7, 11) is 0. The fourth-order valence-electron chi connectivity index (χ4n) is 6.07. The lowest BCUT2D eigenvalue weighted by molar-refractivity contribution is -0.137. The van der Waals surface area contributed by atoms with E-state index in [1.165, 1.54) is 0 Å². The molecule has 0 aromatic carbocycles. The quantitative estimate of drug-likeness (QED) is 0.0243. The number of ether oxygens (including phenoxy) is 6. The maximum Gasteiger partial charge on any atom is 0.303 e. The summed E-state index contributed by atoms with van der Waals surface area (Å²) in [4.78, 5) is 71.5. The average molecular weight is 928 g/mol. The molecule has 0 aliphatic carbocycles. The van der Waals surface area contributed by atoms with Gasteiger partial charge in [0.15, 0.2) is 0 Å². The van der Waals surface area contributed by atoms with Gasteiger partial charge in [0.1, 0.15) is 0 Å². The minimum absolute atomic E-state index is 0.00392. The van der Waals surface area contributed by atoms with Gasteiger partial charge in [-0.05, 0) is 48.7 Å². The molecule has 25 heteroatoms. The van der Waals surface area contributed by atoms with E-state index in [0.29, 0.717) is 32.7 Å². The number of azide groups is 3. The second-order valence-electron chi connectivity index (χ2n) is 14.6. The minimum Gasteiger partial charge on any atom is -0.481 e. The summed E-state index contributed by atoms with van der Waals surface area (Å²) in [5, 5.41) is 30.5. The number of nitrogens with zero attached hydrogens (tertiary/aromatic N) is 9. The van der Waals surface area contributed by atoms with Gasteiger partial charge < -0.3 is 54.8 Å². The van der Waals surface area contributed by atoms with Gasteiger partial charge in [0.25, 0.3) is 0 Å². The van der Waals surface area contributed by atoms with Crippen molar-refractivity contribution in [3.63, 3.8) is 0 Å². The minimum atomic E-state index is -1.09. The van der Waals surface area contributed by atoms with E-state index in [1.807, 2.05) is 0 Å². The first-order valence-corrected chi connectivity index (χ1v) is 22.5. The zero-order valence-corrected chi connectivity index (χ0v) is 38.0. The number of carbonyl (C=O) groups excluding carboxylic acids is 4. The predicted octanol–water partition coefficient (Wildman–Crippen LogP) is 4.55. The predicted molar refractivity (Wildman–Crippen MR) is 238 cm³/mol. The zero-order chi connectivity index (χ0) is 47.7. The number of unbranched alkanes of at least 4 members (excludes halogenated alkanes) is 7. The number of rotatable bonds is 48. The summed E-state index contributed by atoms with van der Waals surface area (Å²) in [5.41, 5.74) is 23.9. The Morgan fingerprint density at radius 3 is 1.05 bits per heavy atom. The molecule has 0 aromatic rings. The van der Waals surface area contributed by atoms with Crippen LogP contribution in [0.4, 0.5) is 0 Å². The third-order valence-corrected chi connectivity index (χ3v) is 9.46. The topological polar surface area (TPSA) is 355 Å². The van der Waals surface area contributed by atoms with Crippen molar-refractivity contribution in [2.75, 3.05) is 119 Å². The Balaban J connectivity index is 5.51. The number of hydrogen-bond acceptors (Lipinski definition) is 14. The summed E-state index contributed by atoms with van der Waals surface area (Å²) in [6.45, 7) is 4.50. The van der Waals surface area contributed by atoms with E-state index in [0.717, 1.165) is 38.5 Å². The van der Waals surface area contributed by atoms with E-state index in [4.69, 9.17) is 50.1 Å². The molecule has 0 aliphatic rings. The van der Waals surface area contributed by atoms with Crippen LogP contribution in [-0.4, -0.2) is 159 Å². The Kier molecular flexibility index (Phi) is 42.1. The van der Waals surface area contributed by atoms with Crippen LogP contribution in [0.15, 0.2) is 15.3 Å². The number of carboxylic acid groups (broad SMARTS) is 1. The zero-order valence-electron chi connectivity index (χ0n) is 38.0. The van der Waals surface area contributed by atoms with E-state index >= 15 is 0 Å². The van der Waals surface area contributed by atoms with Crippen LogP contribution in [0.25, 0.3) is 31.3 Å². The second-order valence-corrected chi connectivity index (χ2v) is 14.6. The standard InChI is InChI=1S/C40H73N13O12/c41-51-47-20-26-63-32-29-60-23-17-44-35(54)11-14-40(15-12-36(55)45-18-24-61-30-33-64-27-21-48-52-42,16-13-37(56)46-19-25-62-31-34-65-28-22-49-53-43)50-38(57)9-7-5-3-1-2-4-6-8-10-39(58)59/h1-34H2,(H,44,54)(H,45,55)(H,46,56)(H,50,57)(H,58,59). The first kappa shape index (κ1) is 60.0. The molecule has 0 heterocycles. The Hall–Kier alpha value is -4.96. The van der Waals surface area contributed by atoms with Crippen molar-refractivity contribution in [2.45, 2.75) is 108 Å². The highest BCUT2D eigenvalue weighted by Crippen LogP contribution is 2.27. The highest BCUT2D eigenvalue weighted by molar-refractivity contribution is 5.80. The van der Waals surface area contributed by atoms with E-state index < -0.39 is 11.5 Å². The van der Waals surface area contributed by atoms with Crippen molar-refractivity contribution < 1.29 is 57.5 Å². The van der Waals surface area contributed by atoms with Crippen LogP contribution in [0.5, 0.6) is 0 Å². The lowest BCUT2D eigenvalue weighted by Gasteiger charge is -2.35. The van der Waals surface area contributed by atoms with Crippen molar-refractivity contribution in [3.05, 3.63) is 31.3 Å². The molecule has 65 heavy (non-hydrogen) atoms. The third-order valence-electron chi connectivity index (χ3n) is 9.46. The Morgan fingerprint density at radius 1 is 0.415 bits per heavy atom. The smallest absolute Gasteiger partial charge is 0.303 e. The van der Waals surface area contributed by atoms with Crippen LogP contribution in [0.1, 0.15) is 103 Å². The molecule has 4 amide bonds. The van der Waals surface area contributed by atoms with E-state index in [2.05, 4.69) is 51.3 Å². The summed E-state index contributed by atoms with van der Waals surface area (Å²) in [5.74, 6) is -1.93. The van der Waals surface area contributed by atoms with Crippen molar-refractivity contribution >= 4 is 29.6 Å². The molecule has 0 spiro atoms. The molecule has 5 N–H and O–H groups in total. The third kappa shape index (κ3) is 42.7. The number of nitrogens with one attached hydrogen (secondary N) is 4. The molecule has 25 nitrogen and oxygen atoms in total. The SMILES string of the molecule is [N-]=[N+]=NCCOCCOCCNC(=O)CCC(CCC(=O)NCCOCCOCCN=[N+]=[N-])(CCC(=O)NCCOCCOCCN=[N+]=[N-])NC(=O)CCCCCCCCCCC(=O)O. The summed E-state index contributed by atoms with van der Waals surface area (Å²) in [6, 6.07) is 0. The number of carbonyl (C=O) groups is 5. The van der Waals surface area contributed by atoms with Crippen molar-refractivity contribution in [2.24, 2.45) is 15.3 Å². The van der Waals surface area contributed by atoms with Crippen LogP contribution < -0.4 is 21.3 Å². The molecule has 0 bridgehead atoms. The van der Waals surface area contributed by atoms with Gasteiger partial charge in [0, 0.05) is 91.6 Å². The lowest BCUT2D eigenvalue weighted by atomic mass is 9.82. The summed E-state index contributed by atoms with van der Waals surface area (Å²) < 4.78 is 32.4. The first-order chi connectivity index (χ1) is 31.7. The largest absolute Gasteiger partial charge is 0.481 e. The van der Waals surface area contributed by atoms with Crippen LogP contribution in [0.2, 0.25) is 0 Å². The van der Waals surface area contributed by atoms with Gasteiger partial charge in [-0.2, -0.15) is 0 Å². The van der Waals surface area contributed by atoms with E-state index in [9.17, 15) is 24.0 Å². The fraction of sp³-hybridized carbons (Fsp3) is 0.875. The van der Waals surface area contributed by atoms with Gasteiger partial charge >= 0.3 is 5.97 Å². The first-order valence-electron chi connectivity index (χ1n) is 22.5. The lowest BCUT2D eigenvalue weighted by Crippen LogP contribution is -2.50. The van der Waals surface area contributed by atoms with Crippen molar-refractivity contribution in [1.29, 1.82) is 0 Å². The van der Waals surface area contributed by atoms with Crippen molar-refractivity contribution in [3.8, 4) is 0 Å². The number of carboxylic acids is 1. The van der Waals surface area contributed by atoms with Crippen LogP contribution in [-0.2, 0) is 52.4 Å². The molecular formula is C40H73N13O12. The average Bonchev–Trinajstić information content (AvgIpc) is 3.29. The van der Waals surface area contributed by atoms with Gasteiger partial charge in [-0.3, -0.25) is 24.0 Å². The van der Waals surface area contributed by atoms with Gasteiger partial charge in [-0.1, -0.05) is 53.9 Å².